The molecule has 2 N–H and O–H groups in total. The normalized spacial score (nSPS) is 20.6. The molecule has 0 saturated carbocycles. The molecular weight excluding hydrogens is 212 g/mol. The first kappa shape index (κ1) is 12.6. The Balaban J connectivity index is 1.91. The van der Waals surface area contributed by atoms with E-state index in [9.17, 15) is 0 Å². The molecule has 2 rings (SSSR count). The zero-order valence-corrected chi connectivity index (χ0v) is 11.0. The van der Waals surface area contributed by atoms with Gasteiger partial charge in [0.15, 0.2) is 0 Å². The van der Waals surface area contributed by atoms with Crippen LogP contribution in [0.15, 0.2) is 12.5 Å². The summed E-state index contributed by atoms with van der Waals surface area (Å²) in [5.74, 6) is 0.782. The first-order valence-electron chi connectivity index (χ1n) is 6.68. The molecule has 4 heteroatoms. The number of aromatic nitrogens is 2. The minimum Gasteiger partial charge on any atom is -0.333 e. The van der Waals surface area contributed by atoms with Crippen molar-refractivity contribution in [3.63, 3.8) is 0 Å². The molecule has 1 aromatic rings. The summed E-state index contributed by atoms with van der Waals surface area (Å²) in [6, 6.07) is 0.0771. The molecule has 1 saturated heterocycles. The highest BCUT2D eigenvalue weighted by atomic mass is 15.1. The lowest BCUT2D eigenvalue weighted by molar-refractivity contribution is 0.180. The summed E-state index contributed by atoms with van der Waals surface area (Å²) in [6.07, 6.45) is 6.41. The number of hydrogen-bond acceptors (Lipinski definition) is 3. The molecule has 0 spiro atoms. The second-order valence-corrected chi connectivity index (χ2v) is 5.14. The van der Waals surface area contributed by atoms with E-state index in [0.717, 1.165) is 18.2 Å². The highest BCUT2D eigenvalue weighted by Crippen LogP contribution is 2.20. The lowest BCUT2D eigenvalue weighted by Crippen LogP contribution is -2.34. The van der Waals surface area contributed by atoms with Crippen LogP contribution in [0.5, 0.6) is 0 Å². The fourth-order valence-corrected chi connectivity index (χ4v) is 2.63. The van der Waals surface area contributed by atoms with Gasteiger partial charge in [0.2, 0.25) is 0 Å². The zero-order chi connectivity index (χ0) is 12.3. The summed E-state index contributed by atoms with van der Waals surface area (Å²) in [5, 5.41) is 0. The van der Waals surface area contributed by atoms with Crippen LogP contribution in [0.25, 0.3) is 0 Å². The predicted octanol–water partition coefficient (Wildman–Crippen LogP) is 1.63. The lowest BCUT2D eigenvalue weighted by atomic mass is 9.96. The number of rotatable bonds is 4. The summed E-state index contributed by atoms with van der Waals surface area (Å²) in [7, 11) is 0. The maximum absolute atomic E-state index is 5.94. The van der Waals surface area contributed by atoms with Crippen molar-refractivity contribution >= 4 is 0 Å². The van der Waals surface area contributed by atoms with Gasteiger partial charge in [-0.2, -0.15) is 0 Å². The number of imidazole rings is 1. The molecule has 0 amide bonds. The maximum Gasteiger partial charge on any atom is 0.0948 e. The SMILES string of the molecule is CCN1CCC(Cn2cncc2C(C)N)CC1. The Kier molecular flexibility index (Phi) is 4.18. The molecule has 1 aliphatic heterocycles. The van der Waals surface area contributed by atoms with Gasteiger partial charge >= 0.3 is 0 Å². The Hall–Kier alpha value is -0.870. The third-order valence-corrected chi connectivity index (χ3v) is 3.82. The van der Waals surface area contributed by atoms with Gasteiger partial charge in [-0.25, -0.2) is 4.98 Å². The van der Waals surface area contributed by atoms with Gasteiger partial charge in [0.05, 0.1) is 12.0 Å². The van der Waals surface area contributed by atoms with Crippen LogP contribution >= 0.6 is 0 Å². The smallest absolute Gasteiger partial charge is 0.0948 e. The summed E-state index contributed by atoms with van der Waals surface area (Å²) in [5.41, 5.74) is 7.09. The van der Waals surface area contributed by atoms with Crippen molar-refractivity contribution in [1.82, 2.24) is 14.5 Å². The summed E-state index contributed by atoms with van der Waals surface area (Å²) in [6.45, 7) is 9.00. The average Bonchev–Trinajstić information content (AvgIpc) is 2.78. The van der Waals surface area contributed by atoms with Crippen LogP contribution in [0.4, 0.5) is 0 Å². The highest BCUT2D eigenvalue weighted by Gasteiger charge is 2.19. The van der Waals surface area contributed by atoms with Gasteiger partial charge in [0.1, 0.15) is 0 Å². The van der Waals surface area contributed by atoms with Crippen LogP contribution in [-0.4, -0.2) is 34.1 Å². The fraction of sp³-hybridized carbons (Fsp3) is 0.769. The van der Waals surface area contributed by atoms with Gasteiger partial charge in [-0.15, -0.1) is 0 Å². The second-order valence-electron chi connectivity index (χ2n) is 5.14. The van der Waals surface area contributed by atoms with Gasteiger partial charge in [-0.3, -0.25) is 0 Å². The van der Waals surface area contributed by atoms with Crippen molar-refractivity contribution < 1.29 is 0 Å². The lowest BCUT2D eigenvalue weighted by Gasteiger charge is -2.31. The maximum atomic E-state index is 5.94. The monoisotopic (exact) mass is 236 g/mol. The van der Waals surface area contributed by atoms with Crippen LogP contribution in [0.1, 0.15) is 38.4 Å². The first-order chi connectivity index (χ1) is 8.20. The zero-order valence-electron chi connectivity index (χ0n) is 11.0. The summed E-state index contributed by atoms with van der Waals surface area (Å²) < 4.78 is 2.23. The van der Waals surface area contributed by atoms with Crippen molar-refractivity contribution in [2.45, 2.75) is 39.3 Å². The topological polar surface area (TPSA) is 47.1 Å². The Bertz CT molecular complexity index is 337. The van der Waals surface area contributed by atoms with Crippen molar-refractivity contribution in [2.24, 2.45) is 11.7 Å². The van der Waals surface area contributed by atoms with Crippen LogP contribution in [0.3, 0.4) is 0 Å². The third-order valence-electron chi connectivity index (χ3n) is 3.82. The molecule has 4 nitrogen and oxygen atoms in total. The average molecular weight is 236 g/mol. The summed E-state index contributed by atoms with van der Waals surface area (Å²) >= 11 is 0. The van der Waals surface area contributed by atoms with E-state index < -0.39 is 0 Å². The van der Waals surface area contributed by atoms with Crippen molar-refractivity contribution in [1.29, 1.82) is 0 Å². The Morgan fingerprint density at radius 1 is 1.47 bits per heavy atom. The first-order valence-corrected chi connectivity index (χ1v) is 6.68. The van der Waals surface area contributed by atoms with E-state index >= 15 is 0 Å². The van der Waals surface area contributed by atoms with Gasteiger partial charge in [-0.1, -0.05) is 6.92 Å². The van der Waals surface area contributed by atoms with Crippen LogP contribution in [0.2, 0.25) is 0 Å². The van der Waals surface area contributed by atoms with E-state index in [-0.39, 0.29) is 6.04 Å². The molecule has 1 fully saturated rings. The molecule has 17 heavy (non-hydrogen) atoms. The quantitative estimate of drug-likeness (QED) is 0.864. The van der Waals surface area contributed by atoms with E-state index in [1.54, 1.807) is 0 Å². The van der Waals surface area contributed by atoms with Gasteiger partial charge in [-0.05, 0) is 45.3 Å². The van der Waals surface area contributed by atoms with Crippen LogP contribution in [0, 0.1) is 5.92 Å². The molecule has 1 aromatic heterocycles. The minimum absolute atomic E-state index is 0.0771. The molecule has 2 heterocycles. The van der Waals surface area contributed by atoms with E-state index in [4.69, 9.17) is 5.73 Å². The van der Waals surface area contributed by atoms with Crippen molar-refractivity contribution in [3.05, 3.63) is 18.2 Å². The second kappa shape index (κ2) is 5.65. The summed E-state index contributed by atoms with van der Waals surface area (Å²) in [4.78, 5) is 6.74. The van der Waals surface area contributed by atoms with Crippen LogP contribution < -0.4 is 5.73 Å². The fourth-order valence-electron chi connectivity index (χ4n) is 2.63. The molecule has 1 atom stereocenters. The molecule has 96 valence electrons. The Labute approximate surface area is 104 Å². The number of nitrogens with two attached hydrogens (primary N) is 1. The van der Waals surface area contributed by atoms with Gasteiger partial charge in [0.25, 0.3) is 0 Å². The highest BCUT2D eigenvalue weighted by molar-refractivity contribution is 5.03. The van der Waals surface area contributed by atoms with E-state index in [1.807, 2.05) is 19.4 Å². The van der Waals surface area contributed by atoms with Gasteiger partial charge in [0, 0.05) is 18.8 Å². The third kappa shape index (κ3) is 3.07. The number of nitrogens with zero attached hydrogens (tertiary/aromatic N) is 3. The van der Waals surface area contributed by atoms with E-state index in [2.05, 4.69) is 21.4 Å². The molecule has 0 aliphatic carbocycles. The molecule has 0 radical (unpaired) electrons. The van der Waals surface area contributed by atoms with E-state index in [1.165, 1.54) is 32.5 Å². The standard InChI is InChI=1S/C13H24N4/c1-3-16-6-4-12(5-7-16)9-17-10-15-8-13(17)11(2)14/h8,10-12H,3-7,9,14H2,1-2H3. The van der Waals surface area contributed by atoms with Crippen LogP contribution in [-0.2, 0) is 6.54 Å². The number of likely N-dealkylation sites (tertiary alicyclic amines) is 1. The minimum atomic E-state index is 0.0771. The van der Waals surface area contributed by atoms with Crippen molar-refractivity contribution in [3.8, 4) is 0 Å². The molecule has 0 bridgehead atoms. The predicted molar refractivity (Wildman–Crippen MR) is 69.7 cm³/mol. The molecule has 1 unspecified atom stereocenters. The Morgan fingerprint density at radius 2 is 2.18 bits per heavy atom. The van der Waals surface area contributed by atoms with Gasteiger partial charge < -0.3 is 15.2 Å². The molecule has 0 aromatic carbocycles. The van der Waals surface area contributed by atoms with E-state index in [0.29, 0.717) is 0 Å². The number of hydrogen-bond donors (Lipinski definition) is 1. The van der Waals surface area contributed by atoms with Crippen molar-refractivity contribution in [2.75, 3.05) is 19.6 Å². The Morgan fingerprint density at radius 3 is 2.76 bits per heavy atom. The molecular formula is C13H24N4. The molecule has 1 aliphatic rings. The largest absolute Gasteiger partial charge is 0.333 e. The number of piperidine rings is 1.